The molecule has 2 saturated heterocycles. The van der Waals surface area contributed by atoms with Gasteiger partial charge in [0.15, 0.2) is 5.96 Å². The average Bonchev–Trinajstić information content (AvgIpc) is 3.29. The molecule has 0 amide bonds. The Bertz CT molecular complexity index is 661. The smallest absolute Gasteiger partial charge is 0.193 e. The van der Waals surface area contributed by atoms with Crippen LogP contribution in [0.4, 0.5) is 5.69 Å². The number of nitrogens with zero attached hydrogens (tertiary/aromatic N) is 3. The van der Waals surface area contributed by atoms with E-state index in [-0.39, 0.29) is 24.0 Å². The van der Waals surface area contributed by atoms with Gasteiger partial charge in [0.25, 0.3) is 0 Å². The maximum atomic E-state index is 5.53. The maximum absolute atomic E-state index is 5.53. The highest BCUT2D eigenvalue weighted by Crippen LogP contribution is 2.47. The number of hydrogen-bond acceptors (Lipinski definition) is 3. The van der Waals surface area contributed by atoms with Crippen molar-refractivity contribution < 1.29 is 4.74 Å². The molecule has 0 bridgehead atoms. The van der Waals surface area contributed by atoms with Crippen LogP contribution in [0.5, 0.6) is 5.75 Å². The summed E-state index contributed by atoms with van der Waals surface area (Å²) in [4.78, 5) is 9.49. The highest BCUT2D eigenvalue weighted by atomic mass is 127. The first-order valence-corrected chi connectivity index (χ1v) is 10.1. The van der Waals surface area contributed by atoms with Crippen LogP contribution in [-0.4, -0.2) is 57.7 Å². The third-order valence-corrected chi connectivity index (χ3v) is 6.62. The number of likely N-dealkylation sites (tertiary alicyclic amines) is 1. The number of nitrogens with one attached hydrogen (secondary N) is 1. The van der Waals surface area contributed by atoms with Crippen LogP contribution < -0.4 is 15.0 Å². The van der Waals surface area contributed by atoms with Crippen molar-refractivity contribution in [1.82, 2.24) is 10.2 Å². The van der Waals surface area contributed by atoms with Gasteiger partial charge in [-0.25, -0.2) is 0 Å². The fraction of sp³-hybridized carbons (Fsp3) is 0.667. The summed E-state index contributed by atoms with van der Waals surface area (Å²) >= 11 is 0. The van der Waals surface area contributed by atoms with Gasteiger partial charge in [-0.1, -0.05) is 18.6 Å². The van der Waals surface area contributed by atoms with Gasteiger partial charge in [0, 0.05) is 39.8 Å². The number of methoxy groups -OCH3 is 1. The van der Waals surface area contributed by atoms with Gasteiger partial charge in [0.05, 0.1) is 12.8 Å². The van der Waals surface area contributed by atoms with Crippen molar-refractivity contribution in [2.75, 3.05) is 51.8 Å². The van der Waals surface area contributed by atoms with Crippen LogP contribution in [0.2, 0.25) is 0 Å². The van der Waals surface area contributed by atoms with Gasteiger partial charge in [0.2, 0.25) is 0 Å². The summed E-state index contributed by atoms with van der Waals surface area (Å²) in [5.41, 5.74) is 1.83. The molecular formula is C21H33IN4O. The van der Waals surface area contributed by atoms with E-state index >= 15 is 0 Å². The van der Waals surface area contributed by atoms with Crippen molar-refractivity contribution in [1.29, 1.82) is 0 Å². The van der Waals surface area contributed by atoms with E-state index in [1.807, 2.05) is 19.2 Å². The molecule has 1 aliphatic carbocycles. The number of halogens is 1. The zero-order valence-corrected chi connectivity index (χ0v) is 18.9. The van der Waals surface area contributed by atoms with Gasteiger partial charge >= 0.3 is 0 Å². The van der Waals surface area contributed by atoms with E-state index in [2.05, 4.69) is 32.2 Å². The number of anilines is 1. The Balaban J connectivity index is 0.00000210. The molecule has 1 aromatic rings. The molecule has 0 radical (unpaired) electrons. The zero-order valence-electron chi connectivity index (χ0n) is 16.6. The molecule has 3 fully saturated rings. The lowest BCUT2D eigenvalue weighted by molar-refractivity contribution is 0.151. The monoisotopic (exact) mass is 484 g/mol. The van der Waals surface area contributed by atoms with Crippen molar-refractivity contribution in [3.63, 3.8) is 0 Å². The number of para-hydroxylation sites is 2. The molecule has 1 spiro atoms. The molecule has 27 heavy (non-hydrogen) atoms. The van der Waals surface area contributed by atoms with Gasteiger partial charge in [-0.3, -0.25) is 4.99 Å². The summed E-state index contributed by atoms with van der Waals surface area (Å²) in [5, 5.41) is 3.66. The van der Waals surface area contributed by atoms with Gasteiger partial charge in [-0.05, 0) is 49.1 Å². The van der Waals surface area contributed by atoms with Gasteiger partial charge < -0.3 is 19.9 Å². The lowest BCUT2D eigenvalue weighted by atomic mass is 9.68. The fourth-order valence-electron chi connectivity index (χ4n) is 4.88. The van der Waals surface area contributed by atoms with E-state index in [4.69, 9.17) is 4.74 Å². The first-order valence-electron chi connectivity index (χ1n) is 10.1. The van der Waals surface area contributed by atoms with E-state index in [9.17, 15) is 0 Å². The van der Waals surface area contributed by atoms with E-state index in [1.54, 1.807) is 7.11 Å². The Morgan fingerprint density at radius 2 is 2.07 bits per heavy atom. The van der Waals surface area contributed by atoms with Crippen LogP contribution in [-0.2, 0) is 0 Å². The lowest BCUT2D eigenvalue weighted by Gasteiger charge is -2.38. The van der Waals surface area contributed by atoms with Crippen molar-refractivity contribution in [2.24, 2.45) is 16.3 Å². The van der Waals surface area contributed by atoms with Gasteiger partial charge in [-0.2, -0.15) is 0 Å². The normalized spacial score (nSPS) is 23.9. The van der Waals surface area contributed by atoms with E-state index in [0.717, 1.165) is 37.9 Å². The van der Waals surface area contributed by atoms with Crippen LogP contribution in [0.15, 0.2) is 29.3 Å². The molecule has 6 heteroatoms. The molecule has 3 aliphatic rings. The third kappa shape index (κ3) is 4.30. The van der Waals surface area contributed by atoms with Crippen molar-refractivity contribution in [3.8, 4) is 5.75 Å². The Labute approximate surface area is 180 Å². The molecule has 150 valence electrons. The Morgan fingerprint density at radius 3 is 2.74 bits per heavy atom. The molecule has 4 rings (SSSR count). The van der Waals surface area contributed by atoms with Crippen LogP contribution in [0.25, 0.3) is 0 Å². The van der Waals surface area contributed by atoms with Gasteiger partial charge in [-0.15, -0.1) is 24.0 Å². The average molecular weight is 484 g/mol. The van der Waals surface area contributed by atoms with Gasteiger partial charge in [0.1, 0.15) is 5.75 Å². The quantitative estimate of drug-likeness (QED) is 0.403. The second-order valence-corrected chi connectivity index (χ2v) is 8.23. The molecule has 1 saturated carbocycles. The predicted octanol–water partition coefficient (Wildman–Crippen LogP) is 3.59. The first kappa shape index (κ1) is 20.6. The molecule has 0 aromatic heterocycles. The Hall–Kier alpha value is -1.18. The van der Waals surface area contributed by atoms with E-state index in [1.165, 1.54) is 44.3 Å². The Kier molecular flexibility index (Phi) is 6.76. The minimum Gasteiger partial charge on any atom is -0.495 e. The van der Waals surface area contributed by atoms with Crippen LogP contribution in [0.3, 0.4) is 0 Å². The highest BCUT2D eigenvalue weighted by Gasteiger charge is 2.43. The molecule has 1 atom stereocenters. The molecule has 2 aliphatic heterocycles. The molecule has 1 N–H and O–H groups in total. The summed E-state index contributed by atoms with van der Waals surface area (Å²) in [5.74, 6) is 2.72. The standard InChI is InChI=1S/C21H32N4O.HI/c1-22-20(25-13-11-21(16-25)9-5-10-21)23-14-17-8-12-24(15-17)18-6-3-4-7-19(18)26-2;/h3-4,6-7,17H,5,8-16H2,1-2H3,(H,22,23);1H. The number of ether oxygens (including phenoxy) is 1. The largest absolute Gasteiger partial charge is 0.495 e. The van der Waals surface area contributed by atoms with E-state index in [0.29, 0.717) is 11.3 Å². The second-order valence-electron chi connectivity index (χ2n) is 8.23. The predicted molar refractivity (Wildman–Crippen MR) is 123 cm³/mol. The topological polar surface area (TPSA) is 40.1 Å². The number of rotatable bonds is 4. The van der Waals surface area contributed by atoms with Crippen LogP contribution >= 0.6 is 24.0 Å². The summed E-state index contributed by atoms with van der Waals surface area (Å²) in [6, 6.07) is 8.34. The first-order chi connectivity index (χ1) is 12.7. The SMILES string of the molecule is CN=C(NCC1CCN(c2ccccc2OC)C1)N1CCC2(CCC2)C1.I. The zero-order chi connectivity index (χ0) is 18.0. The molecule has 2 heterocycles. The summed E-state index contributed by atoms with van der Waals surface area (Å²) in [7, 11) is 3.67. The number of hydrogen-bond donors (Lipinski definition) is 1. The second kappa shape index (κ2) is 8.88. The highest BCUT2D eigenvalue weighted by molar-refractivity contribution is 14.0. The Morgan fingerprint density at radius 1 is 1.26 bits per heavy atom. The van der Waals surface area contributed by atoms with Crippen LogP contribution in [0, 0.1) is 11.3 Å². The van der Waals surface area contributed by atoms with E-state index < -0.39 is 0 Å². The van der Waals surface area contributed by atoms with Crippen molar-refractivity contribution in [3.05, 3.63) is 24.3 Å². The summed E-state index contributed by atoms with van der Waals surface area (Å²) in [6.07, 6.45) is 6.80. The lowest BCUT2D eigenvalue weighted by Crippen LogP contribution is -2.44. The minimum absolute atomic E-state index is 0. The molecule has 1 aromatic carbocycles. The number of benzene rings is 1. The minimum atomic E-state index is 0. The molecule has 1 unspecified atom stereocenters. The number of aliphatic imine (C=N–C) groups is 1. The fourth-order valence-corrected chi connectivity index (χ4v) is 4.88. The van der Waals surface area contributed by atoms with Crippen LogP contribution in [0.1, 0.15) is 32.1 Å². The molecular weight excluding hydrogens is 451 g/mol. The number of guanidine groups is 1. The third-order valence-electron chi connectivity index (χ3n) is 6.62. The van der Waals surface area contributed by atoms with Crippen molar-refractivity contribution >= 4 is 35.6 Å². The van der Waals surface area contributed by atoms with Crippen molar-refractivity contribution in [2.45, 2.75) is 32.1 Å². The maximum Gasteiger partial charge on any atom is 0.193 e. The summed E-state index contributed by atoms with van der Waals surface area (Å²) < 4.78 is 5.53. The molecule has 5 nitrogen and oxygen atoms in total. The summed E-state index contributed by atoms with van der Waals surface area (Å²) in [6.45, 7) is 5.54.